The van der Waals surface area contributed by atoms with Crippen LogP contribution >= 0.6 is 0 Å². The van der Waals surface area contributed by atoms with Crippen LogP contribution in [0, 0.1) is 12.8 Å². The Labute approximate surface area is 203 Å². The van der Waals surface area contributed by atoms with Gasteiger partial charge in [-0.3, -0.25) is 14.4 Å². The number of amides is 2. The summed E-state index contributed by atoms with van der Waals surface area (Å²) in [5, 5.41) is 6.10. The molecule has 1 aromatic heterocycles. The number of nitrogens with one attached hydrogen (secondary N) is 2. The maximum atomic E-state index is 13.6. The van der Waals surface area contributed by atoms with Crippen LogP contribution in [-0.2, 0) is 14.4 Å². The number of nitrogens with zero attached hydrogens (tertiary/aromatic N) is 1. The van der Waals surface area contributed by atoms with Gasteiger partial charge >= 0.3 is 0 Å². The van der Waals surface area contributed by atoms with E-state index in [2.05, 4.69) is 22.2 Å². The molecule has 9 nitrogen and oxygen atoms in total. The highest BCUT2D eigenvalue weighted by atomic mass is 16.5. The molecule has 2 atom stereocenters. The number of carbonyl (C=O) groups is 3. The van der Waals surface area contributed by atoms with Crippen LogP contribution in [-0.4, -0.2) is 36.3 Å². The first kappa shape index (κ1) is 24.0. The first-order chi connectivity index (χ1) is 16.8. The van der Waals surface area contributed by atoms with Crippen LogP contribution in [0.4, 0.5) is 5.82 Å². The quantitative estimate of drug-likeness (QED) is 0.560. The maximum absolute atomic E-state index is 13.6. The number of Topliss-reactive ketones (excluding diaryl/α,β-unsaturated/α-hetero) is 1. The highest BCUT2D eigenvalue weighted by Crippen LogP contribution is 2.46. The number of ketones is 1. The van der Waals surface area contributed by atoms with Crippen molar-refractivity contribution in [1.82, 2.24) is 10.3 Å². The molecule has 35 heavy (non-hydrogen) atoms. The highest BCUT2D eigenvalue weighted by molar-refractivity contribution is 6.02. The van der Waals surface area contributed by atoms with E-state index in [1.165, 1.54) is 7.11 Å². The van der Waals surface area contributed by atoms with Crippen LogP contribution in [0.5, 0.6) is 11.5 Å². The number of carbonyl (C=O) groups excluding carboxylic acids is 3. The summed E-state index contributed by atoms with van der Waals surface area (Å²) < 4.78 is 10.9. The average molecular weight is 477 g/mol. The van der Waals surface area contributed by atoms with Crippen molar-refractivity contribution in [3.63, 3.8) is 0 Å². The van der Waals surface area contributed by atoms with Gasteiger partial charge in [0.15, 0.2) is 23.9 Å². The van der Waals surface area contributed by atoms with E-state index in [1.54, 1.807) is 30.5 Å². The number of methoxy groups -OCH3 is 1. The minimum Gasteiger partial charge on any atom is -0.493 e. The summed E-state index contributed by atoms with van der Waals surface area (Å²) in [7, 11) is 1.47. The summed E-state index contributed by atoms with van der Waals surface area (Å²) in [6.45, 7) is 5.74. The molecule has 2 unspecified atom stereocenters. The lowest BCUT2D eigenvalue weighted by molar-refractivity contribution is -0.121. The van der Waals surface area contributed by atoms with E-state index in [9.17, 15) is 14.4 Å². The number of pyridine rings is 1. The van der Waals surface area contributed by atoms with Gasteiger partial charge in [0.25, 0.3) is 5.91 Å². The zero-order valence-electron chi connectivity index (χ0n) is 19.7. The second kappa shape index (κ2) is 10.0. The van der Waals surface area contributed by atoms with E-state index in [1.807, 2.05) is 13.0 Å². The molecule has 2 amide bonds. The molecular weight excluding hydrogens is 448 g/mol. The number of hydrogen-bond acceptors (Lipinski definition) is 7. The SMILES string of the molecule is C=C1NC2=C(C(=O)CCC2)C(c2ccc(OCC(N)=O)c(OC)c2)C1C(=O)Nc1cc(C)ccn1. The fourth-order valence-electron chi connectivity index (χ4n) is 4.62. The predicted octanol–water partition coefficient (Wildman–Crippen LogP) is 2.73. The fourth-order valence-corrected chi connectivity index (χ4v) is 4.62. The molecule has 2 heterocycles. The summed E-state index contributed by atoms with van der Waals surface area (Å²) in [5.74, 6) is -1.20. The summed E-state index contributed by atoms with van der Waals surface area (Å²) in [6.07, 6.45) is 3.46. The zero-order chi connectivity index (χ0) is 25.1. The van der Waals surface area contributed by atoms with Crippen LogP contribution in [0.15, 0.2) is 60.1 Å². The lowest BCUT2D eigenvalue weighted by Gasteiger charge is -2.38. The minimum absolute atomic E-state index is 0.00393. The zero-order valence-corrected chi connectivity index (χ0v) is 19.7. The summed E-state index contributed by atoms with van der Waals surface area (Å²) >= 11 is 0. The first-order valence-electron chi connectivity index (χ1n) is 11.3. The Morgan fingerprint density at radius 3 is 2.74 bits per heavy atom. The third-order valence-corrected chi connectivity index (χ3v) is 6.15. The number of allylic oxidation sites excluding steroid dienone is 2. The normalized spacial score (nSPS) is 19.5. The van der Waals surface area contributed by atoms with Gasteiger partial charge in [-0.2, -0.15) is 0 Å². The predicted molar refractivity (Wildman–Crippen MR) is 130 cm³/mol. The highest BCUT2D eigenvalue weighted by Gasteiger charge is 2.43. The van der Waals surface area contributed by atoms with Gasteiger partial charge < -0.3 is 25.8 Å². The number of aromatic nitrogens is 1. The van der Waals surface area contributed by atoms with Crippen LogP contribution in [0.25, 0.3) is 0 Å². The number of rotatable bonds is 7. The largest absolute Gasteiger partial charge is 0.493 e. The molecule has 0 bridgehead atoms. The van der Waals surface area contributed by atoms with E-state index in [-0.39, 0.29) is 18.3 Å². The molecule has 0 spiro atoms. The number of hydrogen-bond donors (Lipinski definition) is 3. The van der Waals surface area contributed by atoms with Gasteiger partial charge in [0.2, 0.25) is 5.91 Å². The van der Waals surface area contributed by atoms with Gasteiger partial charge in [-0.05, 0) is 55.2 Å². The summed E-state index contributed by atoms with van der Waals surface area (Å²) in [4.78, 5) is 42.1. The second-order valence-electron chi connectivity index (χ2n) is 8.65. The molecule has 2 aromatic rings. The molecule has 2 aliphatic rings. The summed E-state index contributed by atoms with van der Waals surface area (Å²) in [5.41, 5.74) is 8.71. The molecule has 1 aromatic carbocycles. The molecule has 0 radical (unpaired) electrons. The molecule has 1 aliphatic heterocycles. The smallest absolute Gasteiger partial charge is 0.255 e. The van der Waals surface area contributed by atoms with Gasteiger partial charge in [0.05, 0.1) is 13.0 Å². The van der Waals surface area contributed by atoms with E-state index in [4.69, 9.17) is 15.2 Å². The molecule has 0 saturated heterocycles. The number of ether oxygens (including phenoxy) is 2. The number of nitrogens with two attached hydrogens (primary N) is 1. The Bertz CT molecular complexity index is 1240. The van der Waals surface area contributed by atoms with E-state index in [0.29, 0.717) is 47.0 Å². The van der Waals surface area contributed by atoms with Crippen molar-refractivity contribution in [3.05, 3.63) is 71.2 Å². The average Bonchev–Trinajstić information content (AvgIpc) is 2.81. The Kier molecular flexibility index (Phi) is 6.86. The van der Waals surface area contributed by atoms with E-state index in [0.717, 1.165) is 17.7 Å². The van der Waals surface area contributed by atoms with E-state index < -0.39 is 17.7 Å². The lowest BCUT2D eigenvalue weighted by Crippen LogP contribution is -2.42. The van der Waals surface area contributed by atoms with Crippen molar-refractivity contribution in [1.29, 1.82) is 0 Å². The Morgan fingerprint density at radius 1 is 1.23 bits per heavy atom. The van der Waals surface area contributed by atoms with Gasteiger partial charge in [-0.1, -0.05) is 12.6 Å². The van der Waals surface area contributed by atoms with Crippen LogP contribution in [0.3, 0.4) is 0 Å². The van der Waals surface area contributed by atoms with Crippen molar-refractivity contribution >= 4 is 23.4 Å². The van der Waals surface area contributed by atoms with E-state index >= 15 is 0 Å². The molecule has 4 N–H and O–H groups in total. The molecule has 1 aliphatic carbocycles. The summed E-state index contributed by atoms with van der Waals surface area (Å²) in [6, 6.07) is 8.74. The van der Waals surface area contributed by atoms with Crippen molar-refractivity contribution in [3.8, 4) is 11.5 Å². The number of benzene rings is 1. The fraction of sp³-hybridized carbons (Fsp3) is 0.308. The van der Waals surface area contributed by atoms with Crippen molar-refractivity contribution in [2.24, 2.45) is 11.7 Å². The molecular formula is C26H28N4O5. The minimum atomic E-state index is -0.778. The molecule has 0 saturated carbocycles. The topological polar surface area (TPSA) is 133 Å². The monoisotopic (exact) mass is 476 g/mol. The van der Waals surface area contributed by atoms with Gasteiger partial charge in [-0.15, -0.1) is 0 Å². The molecule has 4 rings (SSSR count). The third kappa shape index (κ3) is 5.03. The number of primary amides is 1. The van der Waals surface area contributed by atoms with Crippen molar-refractivity contribution < 1.29 is 23.9 Å². The molecule has 0 fully saturated rings. The van der Waals surface area contributed by atoms with Gasteiger partial charge in [0, 0.05) is 35.5 Å². The van der Waals surface area contributed by atoms with Crippen LogP contribution in [0.2, 0.25) is 0 Å². The molecule has 182 valence electrons. The third-order valence-electron chi connectivity index (χ3n) is 6.15. The molecule has 9 heteroatoms. The standard InChI is InChI=1S/C26H28N4O5/c1-14-9-10-28-22(11-14)30-26(33)23-15(2)29-17-5-4-6-18(31)25(17)24(23)16-7-8-19(20(12-16)34-3)35-13-21(27)32/h7-12,23-24,29H,2,4-6,13H2,1,3H3,(H2,27,32)(H,28,30,33). The maximum Gasteiger partial charge on any atom is 0.255 e. The van der Waals surface area contributed by atoms with Crippen LogP contribution in [0.1, 0.15) is 36.3 Å². The number of anilines is 1. The first-order valence-corrected chi connectivity index (χ1v) is 11.3. The van der Waals surface area contributed by atoms with Gasteiger partial charge in [-0.25, -0.2) is 4.98 Å². The van der Waals surface area contributed by atoms with Crippen molar-refractivity contribution in [2.45, 2.75) is 32.1 Å². The van der Waals surface area contributed by atoms with Crippen molar-refractivity contribution in [2.75, 3.05) is 19.0 Å². The lowest BCUT2D eigenvalue weighted by atomic mass is 9.71. The van der Waals surface area contributed by atoms with Crippen LogP contribution < -0.4 is 25.8 Å². The Morgan fingerprint density at radius 2 is 2.03 bits per heavy atom. The number of aryl methyl sites for hydroxylation is 1. The Balaban J connectivity index is 1.77. The Hall–Kier alpha value is -4.14. The second-order valence-corrected chi connectivity index (χ2v) is 8.65. The van der Waals surface area contributed by atoms with Gasteiger partial charge in [0.1, 0.15) is 5.82 Å².